The fourth-order valence-corrected chi connectivity index (χ4v) is 3.07. The number of amides is 1. The number of nitro groups is 1. The third-order valence-corrected chi connectivity index (χ3v) is 4.74. The Bertz CT molecular complexity index is 1210. The number of nitrogens with one attached hydrogen (secondary N) is 1. The highest BCUT2D eigenvalue weighted by atomic mass is 16.6. The lowest BCUT2D eigenvalue weighted by Crippen LogP contribution is -2.13. The number of nitrogens with zero attached hydrogens (tertiary/aromatic N) is 5. The highest BCUT2D eigenvalue weighted by Crippen LogP contribution is 2.13. The Morgan fingerprint density at radius 2 is 1.65 bits per heavy atom. The lowest BCUT2D eigenvalue weighted by Gasteiger charge is -2.05. The first-order valence-electron chi connectivity index (χ1n) is 9.62. The van der Waals surface area contributed by atoms with Gasteiger partial charge >= 0.3 is 5.69 Å². The Hall–Kier alpha value is -4.27. The van der Waals surface area contributed by atoms with Gasteiger partial charge in [0.25, 0.3) is 5.91 Å². The smallest absolute Gasteiger partial charge is 0.305 e. The van der Waals surface area contributed by atoms with E-state index in [1.54, 1.807) is 35.0 Å². The number of aryl methyl sites for hydroxylation is 1. The molecule has 1 N–H and O–H groups in total. The summed E-state index contributed by atoms with van der Waals surface area (Å²) < 4.78 is 3.25. The fraction of sp³-hybridized carbons (Fsp3) is 0.136. The molecular weight excluding hydrogens is 396 g/mol. The molecule has 0 aliphatic heterocycles. The monoisotopic (exact) mass is 416 g/mol. The zero-order chi connectivity index (χ0) is 21.8. The molecule has 0 saturated carbocycles. The summed E-state index contributed by atoms with van der Waals surface area (Å²) in [4.78, 5) is 22.8. The Morgan fingerprint density at radius 1 is 1.00 bits per heavy atom. The Labute approximate surface area is 178 Å². The molecule has 0 unspecified atom stereocenters. The summed E-state index contributed by atoms with van der Waals surface area (Å²) in [6, 6.07) is 17.0. The summed E-state index contributed by atoms with van der Waals surface area (Å²) >= 11 is 0. The minimum Gasteiger partial charge on any atom is -0.305 e. The highest BCUT2D eigenvalue weighted by molar-refractivity contribution is 6.03. The van der Waals surface area contributed by atoms with Gasteiger partial charge in [-0.1, -0.05) is 42.0 Å². The van der Waals surface area contributed by atoms with E-state index >= 15 is 0 Å². The van der Waals surface area contributed by atoms with Crippen molar-refractivity contribution in [2.75, 3.05) is 5.32 Å². The maximum Gasteiger partial charge on any atom is 0.307 e. The SMILES string of the molecule is Cc1ccc(Cn2ccc(NC(=O)c3ccc(Cn4cc([N+](=O)[O-])cn4)cc3)n2)cc1. The van der Waals surface area contributed by atoms with Gasteiger partial charge < -0.3 is 5.32 Å². The van der Waals surface area contributed by atoms with Crippen LogP contribution >= 0.6 is 0 Å². The predicted octanol–water partition coefficient (Wildman–Crippen LogP) is 3.65. The van der Waals surface area contributed by atoms with Crippen LogP contribution < -0.4 is 5.32 Å². The lowest BCUT2D eigenvalue weighted by atomic mass is 10.1. The summed E-state index contributed by atoms with van der Waals surface area (Å²) in [6.07, 6.45) is 4.40. The summed E-state index contributed by atoms with van der Waals surface area (Å²) in [7, 11) is 0. The second kappa shape index (κ2) is 8.62. The van der Waals surface area contributed by atoms with Crippen molar-refractivity contribution in [2.45, 2.75) is 20.0 Å². The van der Waals surface area contributed by atoms with Gasteiger partial charge in [-0.15, -0.1) is 0 Å². The molecule has 2 aromatic carbocycles. The van der Waals surface area contributed by atoms with E-state index in [1.165, 1.54) is 22.6 Å². The molecule has 2 heterocycles. The first-order chi connectivity index (χ1) is 15.0. The summed E-state index contributed by atoms with van der Waals surface area (Å²) in [5.74, 6) is 0.215. The lowest BCUT2D eigenvalue weighted by molar-refractivity contribution is -0.385. The van der Waals surface area contributed by atoms with Crippen LogP contribution in [0, 0.1) is 17.0 Å². The molecule has 156 valence electrons. The van der Waals surface area contributed by atoms with Crippen molar-refractivity contribution in [3.05, 3.63) is 106 Å². The maximum absolute atomic E-state index is 12.5. The van der Waals surface area contributed by atoms with Crippen LogP contribution in [0.4, 0.5) is 11.5 Å². The van der Waals surface area contributed by atoms with Gasteiger partial charge in [-0.2, -0.15) is 10.2 Å². The van der Waals surface area contributed by atoms with Crippen molar-refractivity contribution in [3.63, 3.8) is 0 Å². The van der Waals surface area contributed by atoms with Crippen LogP contribution in [0.15, 0.2) is 73.2 Å². The van der Waals surface area contributed by atoms with E-state index in [2.05, 4.69) is 39.8 Å². The number of carbonyl (C=O) groups is 1. The molecule has 0 saturated heterocycles. The Morgan fingerprint density at radius 3 is 2.29 bits per heavy atom. The first-order valence-corrected chi connectivity index (χ1v) is 9.62. The molecule has 0 bridgehead atoms. The standard InChI is InChI=1S/C22H20N6O3/c1-16-2-4-17(5-3-16)13-26-11-10-21(25-26)24-22(29)19-8-6-18(7-9-19)14-27-15-20(12-23-27)28(30)31/h2-12,15H,13-14H2,1H3,(H,24,25,29). The normalized spacial score (nSPS) is 10.7. The number of carbonyl (C=O) groups excluding carboxylic acids is 1. The second-order valence-corrected chi connectivity index (χ2v) is 7.19. The molecule has 0 radical (unpaired) electrons. The van der Waals surface area contributed by atoms with Gasteiger partial charge in [0.2, 0.25) is 0 Å². The first kappa shape index (κ1) is 20.0. The molecular formula is C22H20N6O3. The highest BCUT2D eigenvalue weighted by Gasteiger charge is 2.11. The molecule has 0 atom stereocenters. The third-order valence-electron chi connectivity index (χ3n) is 4.74. The quantitative estimate of drug-likeness (QED) is 0.365. The average Bonchev–Trinajstić information content (AvgIpc) is 3.40. The van der Waals surface area contributed by atoms with Crippen LogP contribution in [0.2, 0.25) is 0 Å². The van der Waals surface area contributed by atoms with Crippen LogP contribution in [0.1, 0.15) is 27.0 Å². The third kappa shape index (κ3) is 5.02. The molecule has 31 heavy (non-hydrogen) atoms. The van der Waals surface area contributed by atoms with Crippen LogP contribution in [-0.2, 0) is 13.1 Å². The van der Waals surface area contributed by atoms with E-state index < -0.39 is 4.92 Å². The van der Waals surface area contributed by atoms with E-state index in [0.29, 0.717) is 24.5 Å². The molecule has 9 heteroatoms. The van der Waals surface area contributed by atoms with Gasteiger partial charge in [-0.25, -0.2) is 0 Å². The minimum absolute atomic E-state index is 0.0576. The molecule has 4 rings (SSSR count). The van der Waals surface area contributed by atoms with Crippen LogP contribution in [0.3, 0.4) is 0 Å². The van der Waals surface area contributed by atoms with E-state index in [-0.39, 0.29) is 11.6 Å². The van der Waals surface area contributed by atoms with Crippen LogP contribution in [0.25, 0.3) is 0 Å². The molecule has 0 fully saturated rings. The van der Waals surface area contributed by atoms with Gasteiger partial charge in [-0.05, 0) is 30.2 Å². The van der Waals surface area contributed by atoms with E-state index in [0.717, 1.165) is 11.1 Å². The molecule has 0 aliphatic carbocycles. The largest absolute Gasteiger partial charge is 0.307 e. The molecule has 1 amide bonds. The molecule has 2 aromatic heterocycles. The van der Waals surface area contributed by atoms with Gasteiger partial charge in [0.05, 0.1) is 18.0 Å². The number of benzene rings is 2. The molecule has 4 aromatic rings. The van der Waals surface area contributed by atoms with Gasteiger partial charge in [0.15, 0.2) is 5.82 Å². The fourth-order valence-electron chi connectivity index (χ4n) is 3.07. The average molecular weight is 416 g/mol. The Kier molecular flexibility index (Phi) is 5.57. The number of rotatable bonds is 7. The van der Waals surface area contributed by atoms with Crippen molar-refractivity contribution in [2.24, 2.45) is 0 Å². The van der Waals surface area contributed by atoms with Crippen molar-refractivity contribution in [1.82, 2.24) is 19.6 Å². The van der Waals surface area contributed by atoms with Gasteiger partial charge in [-0.3, -0.25) is 24.3 Å². The Balaban J connectivity index is 1.35. The number of hydrogen-bond donors (Lipinski definition) is 1. The van der Waals surface area contributed by atoms with Crippen molar-refractivity contribution < 1.29 is 9.72 Å². The maximum atomic E-state index is 12.5. The zero-order valence-corrected chi connectivity index (χ0v) is 16.8. The van der Waals surface area contributed by atoms with Crippen molar-refractivity contribution in [3.8, 4) is 0 Å². The molecule has 0 spiro atoms. The van der Waals surface area contributed by atoms with Crippen molar-refractivity contribution >= 4 is 17.4 Å². The van der Waals surface area contributed by atoms with E-state index in [1.807, 2.05) is 13.1 Å². The summed E-state index contributed by atoms with van der Waals surface area (Å²) in [6.45, 7) is 3.04. The number of anilines is 1. The van der Waals surface area contributed by atoms with Crippen LogP contribution in [0.5, 0.6) is 0 Å². The molecule has 9 nitrogen and oxygen atoms in total. The minimum atomic E-state index is -0.487. The summed E-state index contributed by atoms with van der Waals surface area (Å²) in [5.41, 5.74) is 3.64. The second-order valence-electron chi connectivity index (χ2n) is 7.19. The van der Waals surface area contributed by atoms with Crippen molar-refractivity contribution in [1.29, 1.82) is 0 Å². The van der Waals surface area contributed by atoms with E-state index in [4.69, 9.17) is 0 Å². The zero-order valence-electron chi connectivity index (χ0n) is 16.8. The summed E-state index contributed by atoms with van der Waals surface area (Å²) in [5, 5.41) is 21.9. The number of aromatic nitrogens is 4. The predicted molar refractivity (Wildman–Crippen MR) is 115 cm³/mol. The van der Waals surface area contributed by atoms with E-state index in [9.17, 15) is 14.9 Å². The number of hydrogen-bond acceptors (Lipinski definition) is 5. The van der Waals surface area contributed by atoms with Crippen LogP contribution in [-0.4, -0.2) is 30.4 Å². The van der Waals surface area contributed by atoms with Gasteiger partial charge in [0.1, 0.15) is 12.4 Å². The van der Waals surface area contributed by atoms with Gasteiger partial charge in [0, 0.05) is 17.8 Å². The molecule has 0 aliphatic rings. The topological polar surface area (TPSA) is 108 Å².